The van der Waals surface area contributed by atoms with E-state index in [4.69, 9.17) is 0 Å². The van der Waals surface area contributed by atoms with Gasteiger partial charge in [-0.25, -0.2) is 4.98 Å². The number of hydrogen-bond acceptors (Lipinski definition) is 2. The lowest BCUT2D eigenvalue weighted by atomic mass is 9.80. The fraction of sp³-hybridized carbons (Fsp3) is 0.833. The van der Waals surface area contributed by atoms with Gasteiger partial charge < -0.3 is 0 Å². The van der Waals surface area contributed by atoms with Crippen LogP contribution in [0.25, 0.3) is 0 Å². The van der Waals surface area contributed by atoms with Gasteiger partial charge in [0.05, 0.1) is 5.92 Å². The largest absolute Gasteiger partial charge is 0.391 e. The van der Waals surface area contributed by atoms with Crippen LogP contribution < -0.4 is 0 Å². The Labute approximate surface area is 104 Å². The van der Waals surface area contributed by atoms with Crippen molar-refractivity contribution in [3.8, 4) is 0 Å². The van der Waals surface area contributed by atoms with E-state index < -0.39 is 12.1 Å². The minimum atomic E-state index is -4.08. The Balaban J connectivity index is 2.03. The van der Waals surface area contributed by atoms with Crippen LogP contribution in [0.1, 0.15) is 56.6 Å². The van der Waals surface area contributed by atoms with Crippen LogP contribution in [0.4, 0.5) is 13.2 Å². The molecule has 0 spiro atoms. The quantitative estimate of drug-likeness (QED) is 0.903. The van der Waals surface area contributed by atoms with Gasteiger partial charge in [0.1, 0.15) is 5.82 Å². The summed E-state index contributed by atoms with van der Waals surface area (Å²) in [7, 11) is 0. The van der Waals surface area contributed by atoms with Crippen LogP contribution in [-0.4, -0.2) is 21.4 Å². The molecular formula is C12H18F3N3. The molecule has 2 atom stereocenters. The number of rotatable bonds is 3. The van der Waals surface area contributed by atoms with Crippen LogP contribution in [-0.2, 0) is 6.42 Å². The number of aryl methyl sites for hydroxylation is 1. The molecule has 2 rings (SSSR count). The molecule has 0 saturated heterocycles. The van der Waals surface area contributed by atoms with Crippen LogP contribution in [0.2, 0.25) is 0 Å². The maximum Gasteiger partial charge on any atom is 0.391 e. The van der Waals surface area contributed by atoms with Crippen LogP contribution in [0.5, 0.6) is 0 Å². The molecular weight excluding hydrogens is 243 g/mol. The molecule has 0 aliphatic heterocycles. The van der Waals surface area contributed by atoms with E-state index in [9.17, 15) is 13.2 Å². The van der Waals surface area contributed by atoms with Crippen molar-refractivity contribution < 1.29 is 13.2 Å². The number of nitrogens with one attached hydrogen (secondary N) is 1. The van der Waals surface area contributed by atoms with E-state index in [-0.39, 0.29) is 18.8 Å². The Morgan fingerprint density at radius 2 is 2.11 bits per heavy atom. The number of H-pyrrole nitrogens is 1. The zero-order valence-corrected chi connectivity index (χ0v) is 10.4. The van der Waals surface area contributed by atoms with Crippen molar-refractivity contribution in [2.75, 3.05) is 0 Å². The molecule has 1 aromatic heterocycles. The molecule has 6 heteroatoms. The van der Waals surface area contributed by atoms with Gasteiger partial charge in [0.25, 0.3) is 0 Å². The normalized spacial score (nSPS) is 25.3. The molecule has 2 unspecified atom stereocenters. The van der Waals surface area contributed by atoms with Crippen LogP contribution in [0.3, 0.4) is 0 Å². The molecule has 1 N–H and O–H groups in total. The van der Waals surface area contributed by atoms with Crippen molar-refractivity contribution >= 4 is 0 Å². The third-order valence-electron chi connectivity index (χ3n) is 3.54. The molecule has 1 aliphatic rings. The molecule has 102 valence electrons. The summed E-state index contributed by atoms with van der Waals surface area (Å²) in [5, 5.41) is 6.89. The van der Waals surface area contributed by atoms with Gasteiger partial charge in [-0.05, 0) is 25.7 Å². The number of aromatic amines is 1. The van der Waals surface area contributed by atoms with Gasteiger partial charge in [-0.1, -0.05) is 13.3 Å². The van der Waals surface area contributed by atoms with Crippen molar-refractivity contribution in [1.82, 2.24) is 15.2 Å². The molecule has 0 radical (unpaired) electrons. The summed E-state index contributed by atoms with van der Waals surface area (Å²) >= 11 is 0. The van der Waals surface area contributed by atoms with Gasteiger partial charge in [-0.15, -0.1) is 0 Å². The second-order valence-corrected chi connectivity index (χ2v) is 4.99. The van der Waals surface area contributed by atoms with Gasteiger partial charge in [-0.2, -0.15) is 18.3 Å². The Morgan fingerprint density at radius 1 is 1.33 bits per heavy atom. The minimum Gasteiger partial charge on any atom is -0.263 e. The lowest BCUT2D eigenvalue weighted by molar-refractivity contribution is -0.183. The summed E-state index contributed by atoms with van der Waals surface area (Å²) < 4.78 is 38.1. The lowest BCUT2D eigenvalue weighted by Crippen LogP contribution is -2.28. The average molecular weight is 261 g/mol. The van der Waals surface area contributed by atoms with Gasteiger partial charge in [0, 0.05) is 12.3 Å². The standard InChI is InChI=1S/C12H18F3N3/c1-2-4-10-16-11(18-17-10)8-5-3-6-9(7-8)12(13,14)15/h8-9H,2-7H2,1H3,(H,16,17,18). The Morgan fingerprint density at radius 3 is 2.78 bits per heavy atom. The van der Waals surface area contributed by atoms with E-state index in [1.165, 1.54) is 0 Å². The Hall–Kier alpha value is -1.07. The molecule has 1 aliphatic carbocycles. The summed E-state index contributed by atoms with van der Waals surface area (Å²) in [5.74, 6) is 0.00522. The predicted octanol–water partition coefficient (Wildman–Crippen LogP) is 3.59. The molecule has 0 aromatic carbocycles. The van der Waals surface area contributed by atoms with Gasteiger partial charge >= 0.3 is 6.18 Å². The first-order valence-electron chi connectivity index (χ1n) is 6.48. The predicted molar refractivity (Wildman–Crippen MR) is 61.1 cm³/mol. The summed E-state index contributed by atoms with van der Waals surface area (Å²) in [6, 6.07) is 0. The van der Waals surface area contributed by atoms with Crippen molar-refractivity contribution in [3.05, 3.63) is 11.6 Å². The highest BCUT2D eigenvalue weighted by molar-refractivity contribution is 5.01. The molecule has 3 nitrogen and oxygen atoms in total. The lowest BCUT2D eigenvalue weighted by Gasteiger charge is -2.28. The first-order valence-corrected chi connectivity index (χ1v) is 6.48. The Kier molecular flexibility index (Phi) is 3.92. The van der Waals surface area contributed by atoms with E-state index in [0.29, 0.717) is 12.2 Å². The zero-order chi connectivity index (χ0) is 13.2. The fourth-order valence-electron chi connectivity index (χ4n) is 2.56. The van der Waals surface area contributed by atoms with Gasteiger partial charge in [-0.3, -0.25) is 5.10 Å². The summed E-state index contributed by atoms with van der Waals surface area (Å²) in [6.07, 6.45) is -0.601. The Bertz CT molecular complexity index is 386. The molecule has 18 heavy (non-hydrogen) atoms. The summed E-state index contributed by atoms with van der Waals surface area (Å²) in [6.45, 7) is 2.03. The third kappa shape index (κ3) is 3.03. The van der Waals surface area contributed by atoms with Crippen molar-refractivity contribution in [2.24, 2.45) is 5.92 Å². The first-order chi connectivity index (χ1) is 8.50. The van der Waals surface area contributed by atoms with Crippen LogP contribution in [0, 0.1) is 5.92 Å². The van der Waals surface area contributed by atoms with E-state index >= 15 is 0 Å². The molecule has 0 amide bonds. The highest BCUT2D eigenvalue weighted by Crippen LogP contribution is 2.42. The van der Waals surface area contributed by atoms with E-state index in [1.54, 1.807) is 0 Å². The molecule has 1 fully saturated rings. The maximum atomic E-state index is 12.7. The average Bonchev–Trinajstić information content (AvgIpc) is 2.77. The van der Waals surface area contributed by atoms with Gasteiger partial charge in [0.2, 0.25) is 0 Å². The van der Waals surface area contributed by atoms with E-state index in [1.807, 2.05) is 6.92 Å². The second-order valence-electron chi connectivity index (χ2n) is 4.99. The van der Waals surface area contributed by atoms with Crippen LogP contribution in [0.15, 0.2) is 0 Å². The molecule has 0 bridgehead atoms. The van der Waals surface area contributed by atoms with Gasteiger partial charge in [0.15, 0.2) is 5.82 Å². The highest BCUT2D eigenvalue weighted by atomic mass is 19.4. The zero-order valence-electron chi connectivity index (χ0n) is 10.4. The fourth-order valence-corrected chi connectivity index (χ4v) is 2.56. The van der Waals surface area contributed by atoms with Crippen molar-refractivity contribution in [2.45, 2.75) is 57.5 Å². The maximum absolute atomic E-state index is 12.7. The van der Waals surface area contributed by atoms with Crippen LogP contribution >= 0.6 is 0 Å². The molecule has 1 saturated carbocycles. The van der Waals surface area contributed by atoms with Crippen molar-refractivity contribution in [1.29, 1.82) is 0 Å². The number of hydrogen-bond donors (Lipinski definition) is 1. The number of nitrogens with zero attached hydrogens (tertiary/aromatic N) is 2. The summed E-state index contributed by atoms with van der Waals surface area (Å²) in [5.41, 5.74) is 0. The number of alkyl halides is 3. The highest BCUT2D eigenvalue weighted by Gasteiger charge is 2.43. The minimum absolute atomic E-state index is 0.132. The third-order valence-corrected chi connectivity index (χ3v) is 3.54. The monoisotopic (exact) mass is 261 g/mol. The van der Waals surface area contributed by atoms with E-state index in [2.05, 4.69) is 15.2 Å². The topological polar surface area (TPSA) is 41.6 Å². The summed E-state index contributed by atoms with van der Waals surface area (Å²) in [4.78, 5) is 4.31. The molecule has 1 aromatic rings. The first kappa shape index (κ1) is 13.4. The smallest absolute Gasteiger partial charge is 0.263 e. The number of halogens is 3. The number of aromatic nitrogens is 3. The molecule has 1 heterocycles. The SMILES string of the molecule is CCCc1nc(C2CCCC(C(F)(F)F)C2)n[nH]1. The van der Waals surface area contributed by atoms with E-state index in [0.717, 1.165) is 25.1 Å². The second kappa shape index (κ2) is 5.28. The van der Waals surface area contributed by atoms with Crippen molar-refractivity contribution in [3.63, 3.8) is 0 Å².